The molecule has 0 amide bonds. The van der Waals surface area contributed by atoms with Gasteiger partial charge in [-0.3, -0.25) is 10.1 Å². The summed E-state index contributed by atoms with van der Waals surface area (Å²) in [6, 6.07) is -0.0973. The van der Waals surface area contributed by atoms with E-state index in [1.807, 2.05) is 0 Å². The maximum absolute atomic E-state index is 13.4. The Balaban J connectivity index is 3.47. The molecule has 112 valence electrons. The number of alkyl halides is 2. The van der Waals surface area contributed by atoms with Crippen molar-refractivity contribution in [3.8, 4) is 11.5 Å². The standard InChI is InChI=1S/C11H14F2N2O5/c1-19-8-3-6(10(14)11(12,13)5-16)7(15(17)18)4-9(8)20-2/h3-4,10,16H,5,14H2,1-2H3/t10-/m1/s1. The highest BCUT2D eigenvalue weighted by molar-refractivity contribution is 5.55. The van der Waals surface area contributed by atoms with E-state index in [4.69, 9.17) is 20.3 Å². The molecular formula is C11H14F2N2O5. The van der Waals surface area contributed by atoms with Gasteiger partial charge in [0.25, 0.3) is 11.6 Å². The number of hydrogen-bond donors (Lipinski definition) is 2. The van der Waals surface area contributed by atoms with Gasteiger partial charge in [-0.1, -0.05) is 0 Å². The average molecular weight is 292 g/mol. The van der Waals surface area contributed by atoms with Gasteiger partial charge in [0.05, 0.1) is 30.8 Å². The zero-order chi connectivity index (χ0) is 15.5. The van der Waals surface area contributed by atoms with Crippen molar-refractivity contribution >= 4 is 5.69 Å². The Morgan fingerprint density at radius 2 is 1.90 bits per heavy atom. The summed E-state index contributed by atoms with van der Waals surface area (Å²) in [6.07, 6.45) is 0. The number of rotatable bonds is 6. The van der Waals surface area contributed by atoms with Gasteiger partial charge in [-0.05, 0) is 6.07 Å². The van der Waals surface area contributed by atoms with E-state index in [0.29, 0.717) is 0 Å². The average Bonchev–Trinajstić information content (AvgIpc) is 2.44. The molecule has 0 aliphatic rings. The Hall–Kier alpha value is -2.00. The SMILES string of the molecule is COc1cc([C@@H](N)C(F)(F)CO)c([N+](=O)[O-])cc1OC. The van der Waals surface area contributed by atoms with E-state index in [2.05, 4.69) is 0 Å². The zero-order valence-electron chi connectivity index (χ0n) is 10.8. The lowest BCUT2D eigenvalue weighted by molar-refractivity contribution is -0.386. The lowest BCUT2D eigenvalue weighted by atomic mass is 9.99. The van der Waals surface area contributed by atoms with Crippen molar-refractivity contribution in [1.82, 2.24) is 0 Å². The van der Waals surface area contributed by atoms with Crippen molar-refractivity contribution in [2.75, 3.05) is 20.8 Å². The number of aliphatic hydroxyl groups excluding tert-OH is 1. The molecule has 0 aliphatic heterocycles. The van der Waals surface area contributed by atoms with Crippen LogP contribution in [0.5, 0.6) is 11.5 Å². The topological polar surface area (TPSA) is 108 Å². The number of nitrogens with two attached hydrogens (primary N) is 1. The maximum Gasteiger partial charge on any atom is 0.289 e. The summed E-state index contributed by atoms with van der Waals surface area (Å²) in [6.45, 7) is -1.53. The summed E-state index contributed by atoms with van der Waals surface area (Å²) in [5, 5.41) is 19.6. The molecular weight excluding hydrogens is 278 g/mol. The first kappa shape index (κ1) is 16.1. The maximum atomic E-state index is 13.4. The van der Waals surface area contributed by atoms with E-state index in [9.17, 15) is 18.9 Å². The number of aliphatic hydroxyl groups is 1. The fourth-order valence-corrected chi connectivity index (χ4v) is 1.62. The molecule has 0 saturated heterocycles. The molecule has 0 fully saturated rings. The van der Waals surface area contributed by atoms with Crippen molar-refractivity contribution in [3.63, 3.8) is 0 Å². The van der Waals surface area contributed by atoms with Crippen molar-refractivity contribution in [3.05, 3.63) is 27.8 Å². The third kappa shape index (κ3) is 2.94. The molecule has 0 aromatic heterocycles. The third-order valence-electron chi connectivity index (χ3n) is 2.73. The Morgan fingerprint density at radius 3 is 2.30 bits per heavy atom. The molecule has 0 spiro atoms. The van der Waals surface area contributed by atoms with E-state index in [1.165, 1.54) is 14.2 Å². The second-order valence-electron chi connectivity index (χ2n) is 3.92. The van der Waals surface area contributed by atoms with Crippen LogP contribution in [-0.2, 0) is 0 Å². The Kier molecular flexibility index (Phi) is 4.79. The Morgan fingerprint density at radius 1 is 1.40 bits per heavy atom. The first-order valence-electron chi connectivity index (χ1n) is 5.43. The van der Waals surface area contributed by atoms with Gasteiger partial charge < -0.3 is 20.3 Å². The minimum absolute atomic E-state index is 0.0162. The summed E-state index contributed by atoms with van der Waals surface area (Å²) >= 11 is 0. The van der Waals surface area contributed by atoms with Crippen molar-refractivity contribution in [2.24, 2.45) is 5.73 Å². The molecule has 7 nitrogen and oxygen atoms in total. The highest BCUT2D eigenvalue weighted by atomic mass is 19.3. The number of nitro groups is 1. The Labute approximate surface area is 113 Å². The number of nitrogens with zero attached hydrogens (tertiary/aromatic N) is 1. The van der Waals surface area contributed by atoms with Crippen molar-refractivity contribution in [2.45, 2.75) is 12.0 Å². The number of hydrogen-bond acceptors (Lipinski definition) is 6. The zero-order valence-corrected chi connectivity index (χ0v) is 10.8. The Bertz CT molecular complexity index is 510. The number of nitro benzene ring substituents is 1. The van der Waals surface area contributed by atoms with Gasteiger partial charge in [-0.25, -0.2) is 8.78 Å². The van der Waals surface area contributed by atoms with Gasteiger partial charge >= 0.3 is 0 Å². The van der Waals surface area contributed by atoms with Crippen LogP contribution in [0, 0.1) is 10.1 Å². The highest BCUT2D eigenvalue weighted by Crippen LogP contribution is 2.40. The van der Waals surface area contributed by atoms with Crippen molar-refractivity contribution in [1.29, 1.82) is 0 Å². The predicted octanol–water partition coefficient (Wildman–Crippen LogP) is 1.24. The van der Waals surface area contributed by atoms with E-state index in [1.54, 1.807) is 0 Å². The molecule has 3 N–H and O–H groups in total. The summed E-state index contributed by atoms with van der Waals surface area (Å²) < 4.78 is 36.6. The van der Waals surface area contributed by atoms with Gasteiger partial charge in [0.1, 0.15) is 12.6 Å². The minimum Gasteiger partial charge on any atom is -0.493 e. The monoisotopic (exact) mass is 292 g/mol. The van der Waals surface area contributed by atoms with Crippen LogP contribution in [0.3, 0.4) is 0 Å². The van der Waals surface area contributed by atoms with Gasteiger partial charge in [-0.15, -0.1) is 0 Å². The summed E-state index contributed by atoms with van der Waals surface area (Å²) in [5.41, 5.74) is 4.24. The molecule has 0 radical (unpaired) electrons. The van der Waals surface area contributed by atoms with E-state index < -0.39 is 34.7 Å². The van der Waals surface area contributed by atoms with E-state index >= 15 is 0 Å². The first-order chi connectivity index (χ1) is 9.28. The lowest BCUT2D eigenvalue weighted by Crippen LogP contribution is -2.36. The fraction of sp³-hybridized carbons (Fsp3) is 0.455. The first-order valence-corrected chi connectivity index (χ1v) is 5.43. The molecule has 20 heavy (non-hydrogen) atoms. The smallest absolute Gasteiger partial charge is 0.289 e. The van der Waals surface area contributed by atoms with Crippen molar-refractivity contribution < 1.29 is 28.3 Å². The molecule has 0 aliphatic carbocycles. The number of halogens is 2. The third-order valence-corrected chi connectivity index (χ3v) is 2.73. The molecule has 1 atom stereocenters. The van der Waals surface area contributed by atoms with Crippen LogP contribution in [0.2, 0.25) is 0 Å². The van der Waals surface area contributed by atoms with Gasteiger partial charge in [-0.2, -0.15) is 0 Å². The van der Waals surface area contributed by atoms with Crippen LogP contribution in [0.15, 0.2) is 12.1 Å². The molecule has 9 heteroatoms. The molecule has 0 heterocycles. The second-order valence-corrected chi connectivity index (χ2v) is 3.92. The number of methoxy groups -OCH3 is 2. The second kappa shape index (κ2) is 5.97. The quantitative estimate of drug-likeness (QED) is 0.603. The van der Waals surface area contributed by atoms with Crippen LogP contribution in [0.25, 0.3) is 0 Å². The largest absolute Gasteiger partial charge is 0.493 e. The van der Waals surface area contributed by atoms with Crippen LogP contribution < -0.4 is 15.2 Å². The van der Waals surface area contributed by atoms with Crippen LogP contribution in [-0.4, -0.2) is 36.8 Å². The van der Waals surface area contributed by atoms with Gasteiger partial charge in [0, 0.05) is 0 Å². The van der Waals surface area contributed by atoms with Crippen LogP contribution in [0.1, 0.15) is 11.6 Å². The molecule has 1 aromatic carbocycles. The fourth-order valence-electron chi connectivity index (χ4n) is 1.62. The predicted molar refractivity (Wildman–Crippen MR) is 65.2 cm³/mol. The van der Waals surface area contributed by atoms with Crippen LogP contribution >= 0.6 is 0 Å². The lowest BCUT2D eigenvalue weighted by Gasteiger charge is -2.22. The van der Waals surface area contributed by atoms with Crippen LogP contribution in [0.4, 0.5) is 14.5 Å². The summed E-state index contributed by atoms with van der Waals surface area (Å²) in [4.78, 5) is 10.1. The van der Waals surface area contributed by atoms with Gasteiger partial charge in [0.2, 0.25) is 0 Å². The minimum atomic E-state index is -3.70. The molecule has 0 saturated carbocycles. The normalized spacial score (nSPS) is 12.9. The molecule has 0 unspecified atom stereocenters. The molecule has 1 rings (SSSR count). The number of ether oxygens (including phenoxy) is 2. The highest BCUT2D eigenvalue weighted by Gasteiger charge is 2.41. The molecule has 1 aromatic rings. The summed E-state index contributed by atoms with van der Waals surface area (Å²) in [7, 11) is 2.51. The van der Waals surface area contributed by atoms with E-state index in [0.717, 1.165) is 12.1 Å². The van der Waals surface area contributed by atoms with E-state index in [-0.39, 0.29) is 11.5 Å². The summed E-state index contributed by atoms with van der Waals surface area (Å²) in [5.74, 6) is -3.66. The number of benzene rings is 1. The van der Waals surface area contributed by atoms with Gasteiger partial charge in [0.15, 0.2) is 11.5 Å². The molecule has 0 bridgehead atoms.